The number of hydrogen-bond donors (Lipinski definition) is 3. The average molecular weight is 442 g/mol. The predicted molar refractivity (Wildman–Crippen MR) is 129 cm³/mol. The van der Waals surface area contributed by atoms with E-state index in [1.807, 2.05) is 98.0 Å². The van der Waals surface area contributed by atoms with Gasteiger partial charge in [-0.15, -0.1) is 0 Å². The van der Waals surface area contributed by atoms with Crippen LogP contribution in [0.5, 0.6) is 0 Å². The van der Waals surface area contributed by atoms with E-state index < -0.39 is 12.1 Å². The fraction of sp³-hybridized carbons (Fsp3) is 0.185. The first kappa shape index (κ1) is 22.1. The molecule has 3 N–H and O–H groups in total. The van der Waals surface area contributed by atoms with E-state index in [2.05, 4.69) is 15.6 Å². The molecular formula is C27H27N3O3. The summed E-state index contributed by atoms with van der Waals surface area (Å²) in [5.74, 6) is -0.270. The first-order chi connectivity index (χ1) is 16.1. The monoisotopic (exact) mass is 441 g/mol. The third-order valence-electron chi connectivity index (χ3n) is 5.58. The molecule has 0 unspecified atom stereocenters. The SMILES string of the molecule is C[C@H](NC(=O)[C@@H](Cc1c[nH]c2ccccc12)NC(=O)OCc1ccccc1)c1ccccc1. The summed E-state index contributed by atoms with van der Waals surface area (Å²) in [6.45, 7) is 2.05. The fourth-order valence-electron chi connectivity index (χ4n) is 3.78. The Labute approximate surface area is 193 Å². The number of hydrogen-bond acceptors (Lipinski definition) is 3. The fourth-order valence-corrected chi connectivity index (χ4v) is 3.78. The number of H-pyrrole nitrogens is 1. The van der Waals surface area contributed by atoms with E-state index in [-0.39, 0.29) is 18.6 Å². The number of carbonyl (C=O) groups is 2. The van der Waals surface area contributed by atoms with Crippen molar-refractivity contribution in [1.29, 1.82) is 0 Å². The molecule has 3 aromatic carbocycles. The number of amides is 2. The zero-order valence-electron chi connectivity index (χ0n) is 18.5. The summed E-state index contributed by atoms with van der Waals surface area (Å²) < 4.78 is 5.37. The highest BCUT2D eigenvalue weighted by molar-refractivity contribution is 5.88. The van der Waals surface area contributed by atoms with Crippen molar-refractivity contribution in [2.24, 2.45) is 0 Å². The van der Waals surface area contributed by atoms with Crippen LogP contribution in [0.2, 0.25) is 0 Å². The Hall–Kier alpha value is -4.06. The molecule has 33 heavy (non-hydrogen) atoms. The summed E-state index contributed by atoms with van der Waals surface area (Å²) in [5.41, 5.74) is 3.80. The highest BCUT2D eigenvalue weighted by Crippen LogP contribution is 2.20. The molecule has 0 fully saturated rings. The summed E-state index contributed by atoms with van der Waals surface area (Å²) in [6.07, 6.45) is 1.58. The number of benzene rings is 3. The maximum atomic E-state index is 13.2. The number of ether oxygens (including phenoxy) is 1. The van der Waals surface area contributed by atoms with Gasteiger partial charge in [0.1, 0.15) is 12.6 Å². The molecule has 2 amide bonds. The minimum Gasteiger partial charge on any atom is -0.445 e. The van der Waals surface area contributed by atoms with Crippen molar-refractivity contribution in [2.45, 2.75) is 32.0 Å². The van der Waals surface area contributed by atoms with Gasteiger partial charge >= 0.3 is 6.09 Å². The van der Waals surface area contributed by atoms with Gasteiger partial charge in [-0.2, -0.15) is 0 Å². The van der Waals surface area contributed by atoms with Crippen LogP contribution in [0.15, 0.2) is 91.1 Å². The third-order valence-corrected chi connectivity index (χ3v) is 5.58. The summed E-state index contributed by atoms with van der Waals surface area (Å²) >= 11 is 0. The van der Waals surface area contributed by atoms with Crippen molar-refractivity contribution in [3.8, 4) is 0 Å². The molecule has 1 heterocycles. The minimum atomic E-state index is -0.793. The molecule has 6 heteroatoms. The normalized spacial score (nSPS) is 12.6. The van der Waals surface area contributed by atoms with Crippen LogP contribution in [-0.4, -0.2) is 23.0 Å². The van der Waals surface area contributed by atoms with E-state index in [0.717, 1.165) is 27.6 Å². The lowest BCUT2D eigenvalue weighted by molar-refractivity contribution is -0.123. The van der Waals surface area contributed by atoms with Gasteiger partial charge in [0.2, 0.25) is 5.91 Å². The van der Waals surface area contributed by atoms with E-state index in [4.69, 9.17) is 4.74 Å². The largest absolute Gasteiger partial charge is 0.445 e. The average Bonchev–Trinajstić information content (AvgIpc) is 3.26. The zero-order valence-corrected chi connectivity index (χ0v) is 18.5. The second-order valence-corrected chi connectivity index (χ2v) is 7.96. The van der Waals surface area contributed by atoms with Crippen LogP contribution in [0.25, 0.3) is 10.9 Å². The molecule has 6 nitrogen and oxygen atoms in total. The Balaban J connectivity index is 1.48. The predicted octanol–water partition coefficient (Wildman–Crippen LogP) is 4.88. The van der Waals surface area contributed by atoms with E-state index >= 15 is 0 Å². The first-order valence-electron chi connectivity index (χ1n) is 11.0. The molecule has 0 aliphatic heterocycles. The number of carbonyl (C=O) groups excluding carboxylic acids is 2. The molecule has 2 atom stereocenters. The Bertz CT molecular complexity index is 1210. The summed E-state index contributed by atoms with van der Waals surface area (Å²) in [5, 5.41) is 6.80. The first-order valence-corrected chi connectivity index (χ1v) is 11.0. The van der Waals surface area contributed by atoms with E-state index in [1.54, 1.807) is 0 Å². The van der Waals surface area contributed by atoms with E-state index in [9.17, 15) is 9.59 Å². The van der Waals surface area contributed by atoms with Gasteiger partial charge in [-0.3, -0.25) is 4.79 Å². The van der Waals surface area contributed by atoms with Crippen LogP contribution >= 0.6 is 0 Å². The summed E-state index contributed by atoms with van der Waals surface area (Å²) in [6, 6.07) is 26.0. The second kappa shape index (κ2) is 10.5. The standard InChI is InChI=1S/C27H27N3O3/c1-19(21-12-6-3-7-13-21)29-26(31)25(16-22-17-28-24-15-9-8-14-23(22)24)30-27(32)33-18-20-10-4-2-5-11-20/h2-15,17,19,25,28H,16,18H2,1H3,(H,29,31)(H,30,32)/t19-,25+/m0/s1. The smallest absolute Gasteiger partial charge is 0.408 e. The molecule has 1 aromatic heterocycles. The van der Waals surface area contributed by atoms with Crippen molar-refractivity contribution in [3.63, 3.8) is 0 Å². The number of para-hydroxylation sites is 1. The lowest BCUT2D eigenvalue weighted by Crippen LogP contribution is -2.48. The molecule has 0 radical (unpaired) electrons. The number of alkyl carbamates (subject to hydrolysis) is 1. The Morgan fingerprint density at radius 3 is 2.30 bits per heavy atom. The Kier molecular flexibility index (Phi) is 7.05. The molecule has 0 spiro atoms. The van der Waals surface area contributed by atoms with Gasteiger partial charge in [-0.05, 0) is 29.7 Å². The molecule has 0 saturated heterocycles. The van der Waals surface area contributed by atoms with Crippen LogP contribution in [0.1, 0.15) is 29.7 Å². The minimum absolute atomic E-state index is 0.133. The maximum Gasteiger partial charge on any atom is 0.408 e. The van der Waals surface area contributed by atoms with Crippen molar-refractivity contribution < 1.29 is 14.3 Å². The van der Waals surface area contributed by atoms with E-state index in [0.29, 0.717) is 6.42 Å². The lowest BCUT2D eigenvalue weighted by atomic mass is 10.0. The summed E-state index contributed by atoms with van der Waals surface area (Å²) in [4.78, 5) is 29.0. The molecule has 0 aliphatic carbocycles. The molecule has 168 valence electrons. The Morgan fingerprint density at radius 2 is 1.55 bits per heavy atom. The summed E-state index contributed by atoms with van der Waals surface area (Å²) in [7, 11) is 0. The van der Waals surface area contributed by atoms with Crippen molar-refractivity contribution in [2.75, 3.05) is 0 Å². The van der Waals surface area contributed by atoms with Gasteiger partial charge in [0.05, 0.1) is 6.04 Å². The van der Waals surface area contributed by atoms with Gasteiger partial charge in [0, 0.05) is 23.5 Å². The number of aromatic nitrogens is 1. The molecule has 4 rings (SSSR count). The highest BCUT2D eigenvalue weighted by Gasteiger charge is 2.25. The molecular weight excluding hydrogens is 414 g/mol. The van der Waals surface area contributed by atoms with Gasteiger partial charge < -0.3 is 20.4 Å². The maximum absolute atomic E-state index is 13.2. The number of fused-ring (bicyclic) bond motifs is 1. The Morgan fingerprint density at radius 1 is 0.879 bits per heavy atom. The van der Waals surface area contributed by atoms with E-state index in [1.165, 1.54) is 0 Å². The van der Waals surface area contributed by atoms with Gasteiger partial charge in [-0.1, -0.05) is 78.9 Å². The third kappa shape index (κ3) is 5.80. The van der Waals surface area contributed by atoms with Crippen LogP contribution < -0.4 is 10.6 Å². The molecule has 0 aliphatic rings. The topological polar surface area (TPSA) is 83.2 Å². The van der Waals surface area contributed by atoms with Crippen LogP contribution in [-0.2, 0) is 22.6 Å². The number of aromatic amines is 1. The number of rotatable bonds is 8. The van der Waals surface area contributed by atoms with Crippen LogP contribution in [0, 0.1) is 0 Å². The van der Waals surface area contributed by atoms with Crippen molar-refractivity contribution >= 4 is 22.9 Å². The lowest BCUT2D eigenvalue weighted by Gasteiger charge is -2.21. The van der Waals surface area contributed by atoms with Crippen LogP contribution in [0.4, 0.5) is 4.79 Å². The molecule has 0 saturated carbocycles. The molecule has 0 bridgehead atoms. The highest BCUT2D eigenvalue weighted by atomic mass is 16.5. The van der Waals surface area contributed by atoms with Gasteiger partial charge in [-0.25, -0.2) is 4.79 Å². The zero-order chi connectivity index (χ0) is 23.0. The van der Waals surface area contributed by atoms with Crippen molar-refractivity contribution in [1.82, 2.24) is 15.6 Å². The quantitative estimate of drug-likeness (QED) is 0.364. The van der Waals surface area contributed by atoms with Crippen LogP contribution in [0.3, 0.4) is 0 Å². The second-order valence-electron chi connectivity index (χ2n) is 7.96. The number of nitrogens with one attached hydrogen (secondary N) is 3. The van der Waals surface area contributed by atoms with Gasteiger partial charge in [0.15, 0.2) is 0 Å². The van der Waals surface area contributed by atoms with Crippen molar-refractivity contribution in [3.05, 3.63) is 108 Å². The molecule has 4 aromatic rings. The van der Waals surface area contributed by atoms with Gasteiger partial charge in [0.25, 0.3) is 0 Å².